The Labute approximate surface area is 228 Å². The molecule has 0 aromatic heterocycles. The minimum absolute atomic E-state index is 0.00595. The molecule has 0 saturated heterocycles. The van der Waals surface area contributed by atoms with E-state index in [1.807, 2.05) is 13.8 Å². The van der Waals surface area contributed by atoms with E-state index in [9.17, 15) is 22.4 Å². The van der Waals surface area contributed by atoms with Crippen LogP contribution in [0.4, 0.5) is 10.1 Å². The largest absolute Gasteiger partial charge is 0.354 e. The molecule has 0 bridgehead atoms. The van der Waals surface area contributed by atoms with Crippen LogP contribution >= 0.6 is 11.6 Å². The highest BCUT2D eigenvalue weighted by Gasteiger charge is 2.32. The second-order valence-electron chi connectivity index (χ2n) is 9.23. The number of benzene rings is 3. The molecule has 38 heavy (non-hydrogen) atoms. The molecule has 2 amide bonds. The number of nitrogens with one attached hydrogen (secondary N) is 1. The van der Waals surface area contributed by atoms with E-state index in [-0.39, 0.29) is 29.0 Å². The Balaban J connectivity index is 1.99. The van der Waals surface area contributed by atoms with Gasteiger partial charge in [-0.3, -0.25) is 13.9 Å². The molecule has 0 saturated carbocycles. The van der Waals surface area contributed by atoms with E-state index >= 15 is 0 Å². The van der Waals surface area contributed by atoms with Gasteiger partial charge in [0.25, 0.3) is 10.0 Å². The van der Waals surface area contributed by atoms with Crippen LogP contribution in [0.3, 0.4) is 0 Å². The first kappa shape index (κ1) is 29.1. The number of halogens is 2. The Hall–Kier alpha value is -3.43. The number of nitrogens with zero attached hydrogens (tertiary/aromatic N) is 2. The molecule has 0 fully saturated rings. The lowest BCUT2D eigenvalue weighted by Crippen LogP contribution is -2.51. The fraction of sp³-hybridized carbons (Fsp3) is 0.286. The zero-order valence-corrected chi connectivity index (χ0v) is 23.0. The van der Waals surface area contributed by atoms with Crippen molar-refractivity contribution in [2.75, 3.05) is 17.4 Å². The number of anilines is 1. The number of sulfonamides is 1. The molecule has 0 aliphatic carbocycles. The Morgan fingerprint density at radius 1 is 0.921 bits per heavy atom. The van der Waals surface area contributed by atoms with Gasteiger partial charge in [0.2, 0.25) is 11.8 Å². The highest BCUT2D eigenvalue weighted by atomic mass is 35.5. The summed E-state index contributed by atoms with van der Waals surface area (Å²) in [6, 6.07) is 18.6. The number of amides is 2. The highest BCUT2D eigenvalue weighted by molar-refractivity contribution is 7.92. The minimum Gasteiger partial charge on any atom is -0.354 e. The Morgan fingerprint density at radius 2 is 1.53 bits per heavy atom. The molecule has 0 aliphatic rings. The minimum atomic E-state index is -4.26. The van der Waals surface area contributed by atoms with E-state index in [1.54, 1.807) is 61.5 Å². The normalized spacial score (nSPS) is 12.2. The maximum absolute atomic E-state index is 13.8. The maximum atomic E-state index is 13.8. The van der Waals surface area contributed by atoms with Gasteiger partial charge in [0.1, 0.15) is 18.4 Å². The van der Waals surface area contributed by atoms with E-state index in [2.05, 4.69) is 5.32 Å². The van der Waals surface area contributed by atoms with Crippen molar-refractivity contribution in [3.05, 3.63) is 95.3 Å². The highest BCUT2D eigenvalue weighted by Crippen LogP contribution is 2.25. The summed E-state index contributed by atoms with van der Waals surface area (Å²) in [5, 5.41) is 3.25. The zero-order valence-electron chi connectivity index (χ0n) is 21.5. The summed E-state index contributed by atoms with van der Waals surface area (Å²) in [7, 11) is -4.26. The average Bonchev–Trinajstić information content (AvgIpc) is 2.90. The van der Waals surface area contributed by atoms with Crippen LogP contribution in [0.15, 0.2) is 83.8 Å². The van der Waals surface area contributed by atoms with Crippen molar-refractivity contribution in [2.45, 2.75) is 38.3 Å². The smallest absolute Gasteiger partial charge is 0.264 e. The molecule has 3 rings (SSSR count). The first-order chi connectivity index (χ1) is 18.0. The number of hydrogen-bond acceptors (Lipinski definition) is 4. The number of hydrogen-bond donors (Lipinski definition) is 1. The van der Waals surface area contributed by atoms with E-state index in [0.29, 0.717) is 17.1 Å². The van der Waals surface area contributed by atoms with Crippen molar-refractivity contribution in [1.82, 2.24) is 10.2 Å². The number of carbonyl (C=O) groups is 2. The van der Waals surface area contributed by atoms with Crippen LogP contribution in [0.25, 0.3) is 0 Å². The van der Waals surface area contributed by atoms with E-state index < -0.39 is 34.3 Å². The van der Waals surface area contributed by atoms with E-state index in [0.717, 1.165) is 28.6 Å². The molecule has 3 aromatic rings. The predicted molar refractivity (Wildman–Crippen MR) is 147 cm³/mol. The third-order valence-corrected chi connectivity index (χ3v) is 8.03. The van der Waals surface area contributed by atoms with Gasteiger partial charge in [-0.05, 0) is 60.9 Å². The molecule has 1 atom stereocenters. The lowest BCUT2D eigenvalue weighted by Gasteiger charge is -2.32. The molecule has 0 spiro atoms. The van der Waals surface area contributed by atoms with Gasteiger partial charge in [0, 0.05) is 18.1 Å². The van der Waals surface area contributed by atoms with Crippen LogP contribution in [-0.4, -0.2) is 44.3 Å². The van der Waals surface area contributed by atoms with Gasteiger partial charge >= 0.3 is 0 Å². The quantitative estimate of drug-likeness (QED) is 0.363. The maximum Gasteiger partial charge on any atom is 0.264 e. The fourth-order valence-electron chi connectivity index (χ4n) is 3.70. The average molecular weight is 560 g/mol. The first-order valence-corrected chi connectivity index (χ1v) is 14.0. The molecule has 1 unspecified atom stereocenters. The zero-order chi connectivity index (χ0) is 27.9. The molecule has 202 valence electrons. The van der Waals surface area contributed by atoms with Crippen molar-refractivity contribution in [2.24, 2.45) is 5.92 Å². The topological polar surface area (TPSA) is 86.8 Å². The molecule has 0 aliphatic heterocycles. The summed E-state index contributed by atoms with van der Waals surface area (Å²) in [4.78, 5) is 27.9. The van der Waals surface area contributed by atoms with Crippen molar-refractivity contribution in [3.8, 4) is 0 Å². The van der Waals surface area contributed by atoms with Gasteiger partial charge < -0.3 is 10.2 Å². The Kier molecular flexibility index (Phi) is 9.88. The summed E-state index contributed by atoms with van der Waals surface area (Å²) in [6.07, 6.45) is 0. The number of para-hydroxylation sites is 1. The van der Waals surface area contributed by atoms with Crippen LogP contribution in [0.1, 0.15) is 26.3 Å². The third kappa shape index (κ3) is 7.33. The van der Waals surface area contributed by atoms with Gasteiger partial charge in [0.15, 0.2) is 0 Å². The van der Waals surface area contributed by atoms with Crippen LogP contribution < -0.4 is 9.62 Å². The van der Waals surface area contributed by atoms with Crippen molar-refractivity contribution >= 4 is 39.1 Å². The van der Waals surface area contributed by atoms with Crippen molar-refractivity contribution < 1.29 is 22.4 Å². The standard InChI is InChI=1S/C28H31ClFN3O4S/c1-20(2)17-31-28(35)21(3)32(18-22-9-7-8-12-26(22)29)27(34)19-33(24-10-5-4-6-11-24)38(36,37)25-15-13-23(30)14-16-25/h4-16,20-21H,17-19H2,1-3H3,(H,31,35). The second kappa shape index (κ2) is 12.9. The van der Waals surface area contributed by atoms with Crippen LogP contribution in [-0.2, 0) is 26.2 Å². The molecule has 7 nitrogen and oxygen atoms in total. The van der Waals surface area contributed by atoms with Crippen molar-refractivity contribution in [1.29, 1.82) is 0 Å². The molecule has 10 heteroatoms. The number of carbonyl (C=O) groups excluding carboxylic acids is 2. The summed E-state index contributed by atoms with van der Waals surface area (Å²) in [5.41, 5.74) is 0.860. The van der Waals surface area contributed by atoms with Crippen LogP contribution in [0.2, 0.25) is 5.02 Å². The summed E-state index contributed by atoms with van der Waals surface area (Å²) in [5.74, 6) is -1.36. The molecule has 0 radical (unpaired) electrons. The summed E-state index contributed by atoms with van der Waals surface area (Å²) < 4.78 is 41.7. The fourth-order valence-corrected chi connectivity index (χ4v) is 5.31. The third-order valence-electron chi connectivity index (χ3n) is 5.88. The molecular formula is C28H31ClFN3O4S. The first-order valence-electron chi connectivity index (χ1n) is 12.1. The SMILES string of the molecule is CC(C)CNC(=O)C(C)N(Cc1ccccc1Cl)C(=O)CN(c1ccccc1)S(=O)(=O)c1ccc(F)cc1. The lowest BCUT2D eigenvalue weighted by molar-refractivity contribution is -0.139. The van der Waals surface area contributed by atoms with Gasteiger partial charge in [-0.15, -0.1) is 0 Å². The van der Waals surface area contributed by atoms with Crippen LogP contribution in [0.5, 0.6) is 0 Å². The van der Waals surface area contributed by atoms with Crippen LogP contribution in [0, 0.1) is 11.7 Å². The molecule has 1 N–H and O–H groups in total. The van der Waals surface area contributed by atoms with Gasteiger partial charge in [-0.1, -0.05) is 61.8 Å². The number of rotatable bonds is 11. The lowest BCUT2D eigenvalue weighted by atomic mass is 10.1. The van der Waals surface area contributed by atoms with E-state index in [4.69, 9.17) is 11.6 Å². The molecular weight excluding hydrogens is 529 g/mol. The molecule has 3 aromatic carbocycles. The Morgan fingerprint density at radius 3 is 2.13 bits per heavy atom. The van der Waals surface area contributed by atoms with Gasteiger partial charge in [-0.2, -0.15) is 0 Å². The van der Waals surface area contributed by atoms with Crippen molar-refractivity contribution in [3.63, 3.8) is 0 Å². The summed E-state index contributed by atoms with van der Waals surface area (Å²) >= 11 is 6.35. The Bertz CT molecular complexity index is 1350. The van der Waals surface area contributed by atoms with Gasteiger partial charge in [-0.25, -0.2) is 12.8 Å². The molecule has 0 heterocycles. The van der Waals surface area contributed by atoms with E-state index in [1.165, 1.54) is 4.90 Å². The summed E-state index contributed by atoms with van der Waals surface area (Å²) in [6.45, 7) is 5.33. The van der Waals surface area contributed by atoms with Gasteiger partial charge in [0.05, 0.1) is 10.6 Å². The monoisotopic (exact) mass is 559 g/mol. The predicted octanol–water partition coefficient (Wildman–Crippen LogP) is 4.86. The second-order valence-corrected chi connectivity index (χ2v) is 11.5.